The zero-order chi connectivity index (χ0) is 19.8. The van der Waals surface area contributed by atoms with Crippen molar-refractivity contribution in [3.63, 3.8) is 0 Å². The fourth-order valence-corrected chi connectivity index (χ4v) is 5.20. The van der Waals surface area contributed by atoms with Gasteiger partial charge in [-0.15, -0.1) is 11.3 Å². The van der Waals surface area contributed by atoms with Gasteiger partial charge in [-0.25, -0.2) is 4.98 Å². The summed E-state index contributed by atoms with van der Waals surface area (Å²) >= 11 is 3.04. The molecule has 0 atom stereocenters. The van der Waals surface area contributed by atoms with Crippen LogP contribution in [0.2, 0.25) is 0 Å². The molecule has 0 unspecified atom stereocenters. The molecule has 0 spiro atoms. The molecule has 29 heavy (non-hydrogen) atoms. The highest BCUT2D eigenvalue weighted by molar-refractivity contribution is 7.99. The lowest BCUT2D eigenvalue weighted by Crippen LogP contribution is -2.25. The summed E-state index contributed by atoms with van der Waals surface area (Å²) in [5.74, 6) is 1.50. The average molecular weight is 420 g/mol. The molecule has 1 aliphatic heterocycles. The van der Waals surface area contributed by atoms with E-state index in [1.165, 1.54) is 27.8 Å². The Balaban J connectivity index is 1.62. The minimum atomic E-state index is -0.124. The Labute approximate surface area is 175 Å². The number of hydrogen-bond acceptors (Lipinski definition) is 6. The lowest BCUT2D eigenvalue weighted by Gasteiger charge is -2.16. The fourth-order valence-electron chi connectivity index (χ4n) is 3.31. The maximum absolute atomic E-state index is 13.3. The normalized spacial score (nSPS) is 13.2. The number of aromatic nitrogens is 2. The van der Waals surface area contributed by atoms with Crippen LogP contribution in [0.4, 0.5) is 0 Å². The first-order chi connectivity index (χ1) is 14.2. The van der Waals surface area contributed by atoms with E-state index in [1.54, 1.807) is 0 Å². The second-order valence-electron chi connectivity index (χ2n) is 6.50. The van der Waals surface area contributed by atoms with Crippen molar-refractivity contribution in [1.29, 1.82) is 0 Å². The molecule has 7 heteroatoms. The molecule has 0 amide bonds. The molecule has 4 aromatic rings. The van der Waals surface area contributed by atoms with E-state index < -0.39 is 0 Å². The Bertz CT molecular complexity index is 1280. The van der Waals surface area contributed by atoms with Crippen molar-refractivity contribution in [3.05, 3.63) is 75.9 Å². The largest absolute Gasteiger partial charge is 0.494 e. The molecule has 2 aromatic carbocycles. The number of benzene rings is 2. The predicted octanol–water partition coefficient (Wildman–Crippen LogP) is 4.88. The van der Waals surface area contributed by atoms with Crippen molar-refractivity contribution in [3.8, 4) is 16.9 Å². The van der Waals surface area contributed by atoms with Gasteiger partial charge in [0.25, 0.3) is 5.56 Å². The molecule has 0 N–H and O–H groups in total. The Morgan fingerprint density at radius 1 is 1.07 bits per heavy atom. The number of hydrogen-bond donors (Lipinski definition) is 0. The molecular weight excluding hydrogens is 402 g/mol. The number of thioether (sulfide) groups is 1. The van der Waals surface area contributed by atoms with Gasteiger partial charge >= 0.3 is 0 Å². The predicted molar refractivity (Wildman–Crippen MR) is 120 cm³/mol. The quantitative estimate of drug-likeness (QED) is 0.442. The van der Waals surface area contributed by atoms with E-state index in [4.69, 9.17) is 9.72 Å². The van der Waals surface area contributed by atoms with Crippen molar-refractivity contribution >= 4 is 39.0 Å². The third kappa shape index (κ3) is 3.26. The van der Waals surface area contributed by atoms with Crippen molar-refractivity contribution < 1.29 is 4.74 Å². The second-order valence-corrected chi connectivity index (χ2v) is 8.30. The Kier molecular flexibility index (Phi) is 4.69. The minimum Gasteiger partial charge on any atom is -0.494 e. The lowest BCUT2D eigenvalue weighted by molar-refractivity contribution is 0.340. The number of fused-ring (bicyclic) bond motifs is 2. The van der Waals surface area contributed by atoms with E-state index in [1.807, 2.05) is 66.9 Å². The Hall–Kier alpha value is -2.90. The van der Waals surface area contributed by atoms with Crippen LogP contribution in [0, 0.1) is 0 Å². The lowest BCUT2D eigenvalue weighted by atomic mass is 10.1. The van der Waals surface area contributed by atoms with E-state index in [0.717, 1.165) is 33.0 Å². The van der Waals surface area contributed by atoms with Crippen molar-refractivity contribution in [1.82, 2.24) is 9.66 Å². The summed E-state index contributed by atoms with van der Waals surface area (Å²) in [7, 11) is 0. The molecule has 2 aromatic heterocycles. The zero-order valence-corrected chi connectivity index (χ0v) is 17.3. The molecule has 0 saturated carbocycles. The van der Waals surface area contributed by atoms with Gasteiger partial charge in [0, 0.05) is 16.7 Å². The molecule has 0 saturated heterocycles. The van der Waals surface area contributed by atoms with Gasteiger partial charge in [-0.1, -0.05) is 42.1 Å². The maximum atomic E-state index is 13.3. The molecule has 1 aliphatic rings. The maximum Gasteiger partial charge on any atom is 0.284 e. The van der Waals surface area contributed by atoms with Gasteiger partial charge in [0.2, 0.25) is 0 Å². The van der Waals surface area contributed by atoms with Gasteiger partial charge in [0.05, 0.1) is 17.7 Å². The van der Waals surface area contributed by atoms with Crippen LogP contribution >= 0.6 is 23.1 Å². The smallest absolute Gasteiger partial charge is 0.284 e. The van der Waals surface area contributed by atoms with E-state index >= 15 is 0 Å². The number of nitrogens with zero attached hydrogens (tertiary/aromatic N) is 3. The molecule has 5 nitrogen and oxygen atoms in total. The van der Waals surface area contributed by atoms with E-state index in [9.17, 15) is 4.79 Å². The van der Waals surface area contributed by atoms with E-state index in [2.05, 4.69) is 5.10 Å². The first-order valence-corrected chi connectivity index (χ1v) is 11.1. The number of thiophene rings is 1. The SMILES string of the molecule is CCOc1ccc(C2=Nn3c(nc4scc(-c5ccccc5)c4c3=O)SC2)cc1. The molecule has 0 bridgehead atoms. The van der Waals surface area contributed by atoms with Gasteiger partial charge in [-0.2, -0.15) is 9.78 Å². The molecule has 0 aliphatic carbocycles. The van der Waals surface area contributed by atoms with Gasteiger partial charge in [-0.05, 0) is 42.3 Å². The van der Waals surface area contributed by atoms with Crippen molar-refractivity contribution in [2.75, 3.05) is 12.4 Å². The monoisotopic (exact) mass is 419 g/mol. The topological polar surface area (TPSA) is 56.5 Å². The van der Waals surface area contributed by atoms with Gasteiger partial charge in [-0.3, -0.25) is 4.79 Å². The molecule has 0 radical (unpaired) electrons. The fraction of sp³-hybridized carbons (Fsp3) is 0.136. The van der Waals surface area contributed by atoms with E-state index in [-0.39, 0.29) is 5.56 Å². The minimum absolute atomic E-state index is 0.124. The first kappa shape index (κ1) is 18.1. The summed E-state index contributed by atoms with van der Waals surface area (Å²) in [6.45, 7) is 2.59. The van der Waals surface area contributed by atoms with Crippen molar-refractivity contribution in [2.24, 2.45) is 5.10 Å². The van der Waals surface area contributed by atoms with Crippen LogP contribution in [0.1, 0.15) is 12.5 Å². The number of rotatable bonds is 4. The standard InChI is InChI=1S/C22H17N3O2S2/c1-2-27-16-10-8-15(9-11-16)18-13-29-22-23-20-19(21(26)25(22)24-18)17(12-28-20)14-6-4-3-5-7-14/h3-12H,2,13H2,1H3. The highest BCUT2D eigenvalue weighted by Gasteiger charge is 2.21. The zero-order valence-electron chi connectivity index (χ0n) is 15.7. The Morgan fingerprint density at radius 3 is 2.62 bits per heavy atom. The average Bonchev–Trinajstić information content (AvgIpc) is 3.19. The summed E-state index contributed by atoms with van der Waals surface area (Å²) in [4.78, 5) is 18.8. The first-order valence-electron chi connectivity index (χ1n) is 9.28. The third-order valence-corrected chi connectivity index (χ3v) is 6.51. The summed E-state index contributed by atoms with van der Waals surface area (Å²) in [5, 5.41) is 7.92. The molecule has 3 heterocycles. The van der Waals surface area contributed by atoms with Crippen LogP contribution < -0.4 is 10.3 Å². The van der Waals surface area contributed by atoms with Crippen LogP contribution in [-0.4, -0.2) is 27.7 Å². The van der Waals surface area contributed by atoms with E-state index in [0.29, 0.717) is 22.9 Å². The third-order valence-electron chi connectivity index (χ3n) is 4.70. The van der Waals surface area contributed by atoms with Crippen LogP contribution in [0.15, 0.2) is 75.0 Å². The highest BCUT2D eigenvalue weighted by Crippen LogP contribution is 2.33. The molecule has 0 fully saturated rings. The second kappa shape index (κ2) is 7.50. The summed E-state index contributed by atoms with van der Waals surface area (Å²) in [5.41, 5.74) is 3.63. The summed E-state index contributed by atoms with van der Waals surface area (Å²) < 4.78 is 6.95. The van der Waals surface area contributed by atoms with Crippen LogP contribution in [0.25, 0.3) is 21.3 Å². The Morgan fingerprint density at radius 2 is 1.86 bits per heavy atom. The van der Waals surface area contributed by atoms with Crippen molar-refractivity contribution in [2.45, 2.75) is 12.1 Å². The molecular formula is C22H17N3O2S2. The summed E-state index contributed by atoms with van der Waals surface area (Å²) in [6.07, 6.45) is 0. The van der Waals surface area contributed by atoms with Crippen LogP contribution in [-0.2, 0) is 0 Å². The van der Waals surface area contributed by atoms with Gasteiger partial charge < -0.3 is 4.74 Å². The van der Waals surface area contributed by atoms with Gasteiger partial charge in [0.15, 0.2) is 5.16 Å². The molecule has 144 valence electrons. The number of ether oxygens (including phenoxy) is 1. The van der Waals surface area contributed by atoms with Gasteiger partial charge in [0.1, 0.15) is 10.6 Å². The molecule has 5 rings (SSSR count). The van der Waals surface area contributed by atoms with Crippen LogP contribution in [0.5, 0.6) is 5.75 Å². The summed E-state index contributed by atoms with van der Waals surface area (Å²) in [6, 6.07) is 17.7. The van der Waals surface area contributed by atoms with Crippen LogP contribution in [0.3, 0.4) is 0 Å². The highest BCUT2D eigenvalue weighted by atomic mass is 32.2.